The van der Waals surface area contributed by atoms with Crippen LogP contribution in [0.5, 0.6) is 0 Å². The molecule has 3 aromatic heterocycles. The molecule has 23 heavy (non-hydrogen) atoms. The molecule has 0 bridgehead atoms. The van der Waals surface area contributed by atoms with Crippen molar-refractivity contribution in [1.82, 2.24) is 29.7 Å². The maximum absolute atomic E-state index is 11.0. The number of carbonyl (C=O) groups is 1. The molecule has 0 aliphatic heterocycles. The van der Waals surface area contributed by atoms with E-state index in [4.69, 9.17) is 5.11 Å². The second-order valence-electron chi connectivity index (χ2n) is 4.83. The molecular formula is C15H14N6O2. The van der Waals surface area contributed by atoms with Gasteiger partial charge in [0.15, 0.2) is 17.3 Å². The Morgan fingerprint density at radius 1 is 1.30 bits per heavy atom. The van der Waals surface area contributed by atoms with Gasteiger partial charge in [-0.2, -0.15) is 5.10 Å². The van der Waals surface area contributed by atoms with Crippen molar-refractivity contribution in [2.75, 3.05) is 0 Å². The van der Waals surface area contributed by atoms with Gasteiger partial charge in [0.25, 0.3) is 0 Å². The summed E-state index contributed by atoms with van der Waals surface area (Å²) in [7, 11) is 0. The van der Waals surface area contributed by atoms with Crippen LogP contribution in [0.3, 0.4) is 0 Å². The van der Waals surface area contributed by atoms with Gasteiger partial charge in [0, 0.05) is 29.8 Å². The maximum atomic E-state index is 11.0. The number of hydrogen-bond acceptors (Lipinski definition) is 6. The van der Waals surface area contributed by atoms with Crippen LogP contribution in [0.2, 0.25) is 0 Å². The zero-order valence-electron chi connectivity index (χ0n) is 12.6. The van der Waals surface area contributed by atoms with Crippen molar-refractivity contribution < 1.29 is 9.90 Å². The Hall–Kier alpha value is -3.16. The Kier molecular flexibility index (Phi) is 3.80. The van der Waals surface area contributed by atoms with Crippen molar-refractivity contribution in [2.45, 2.75) is 20.3 Å². The van der Waals surface area contributed by atoms with Gasteiger partial charge in [0.1, 0.15) is 5.69 Å². The predicted octanol–water partition coefficient (Wildman–Crippen LogP) is 1.69. The minimum Gasteiger partial charge on any atom is -0.476 e. The maximum Gasteiger partial charge on any atom is 0.356 e. The molecule has 3 aromatic rings. The van der Waals surface area contributed by atoms with Crippen LogP contribution in [0, 0.1) is 6.92 Å². The summed E-state index contributed by atoms with van der Waals surface area (Å²) in [6.45, 7) is 3.87. The van der Waals surface area contributed by atoms with E-state index in [0.717, 1.165) is 11.3 Å². The molecule has 0 amide bonds. The Labute approximate surface area is 131 Å². The van der Waals surface area contributed by atoms with E-state index in [0.29, 0.717) is 23.8 Å². The van der Waals surface area contributed by atoms with E-state index in [2.05, 4.69) is 25.0 Å². The van der Waals surface area contributed by atoms with E-state index in [9.17, 15) is 4.79 Å². The molecule has 116 valence electrons. The summed E-state index contributed by atoms with van der Waals surface area (Å²) < 4.78 is 1.46. The molecule has 0 fully saturated rings. The van der Waals surface area contributed by atoms with Crippen molar-refractivity contribution >= 4 is 5.97 Å². The lowest BCUT2D eigenvalue weighted by atomic mass is 10.1. The molecule has 0 aliphatic carbocycles. The summed E-state index contributed by atoms with van der Waals surface area (Å²) in [5, 5.41) is 13.1. The molecule has 0 saturated carbocycles. The van der Waals surface area contributed by atoms with E-state index in [1.54, 1.807) is 24.8 Å². The molecular weight excluding hydrogens is 296 g/mol. The molecule has 1 N–H and O–H groups in total. The third kappa shape index (κ3) is 2.78. The number of aryl methyl sites for hydroxylation is 1. The first-order valence-corrected chi connectivity index (χ1v) is 7.03. The molecule has 0 radical (unpaired) electrons. The largest absolute Gasteiger partial charge is 0.476 e. The van der Waals surface area contributed by atoms with Crippen LogP contribution >= 0.6 is 0 Å². The van der Waals surface area contributed by atoms with Crippen LogP contribution in [-0.2, 0) is 6.42 Å². The van der Waals surface area contributed by atoms with Crippen molar-refractivity contribution in [2.24, 2.45) is 0 Å². The van der Waals surface area contributed by atoms with Gasteiger partial charge >= 0.3 is 5.97 Å². The molecule has 8 heteroatoms. The van der Waals surface area contributed by atoms with Crippen molar-refractivity contribution in [3.8, 4) is 17.3 Å². The van der Waals surface area contributed by atoms with E-state index in [1.807, 2.05) is 13.8 Å². The molecule has 3 heterocycles. The van der Waals surface area contributed by atoms with Gasteiger partial charge in [0.2, 0.25) is 0 Å². The molecule has 0 atom stereocenters. The van der Waals surface area contributed by atoms with Gasteiger partial charge in [0.05, 0.1) is 6.20 Å². The van der Waals surface area contributed by atoms with Gasteiger partial charge in [-0.1, -0.05) is 6.92 Å². The first-order valence-electron chi connectivity index (χ1n) is 7.03. The summed E-state index contributed by atoms with van der Waals surface area (Å²) in [6.07, 6.45) is 6.99. The van der Waals surface area contributed by atoms with Crippen LogP contribution in [0.25, 0.3) is 17.3 Å². The summed E-state index contributed by atoms with van der Waals surface area (Å²) in [6, 6.07) is 1.43. The van der Waals surface area contributed by atoms with Crippen LogP contribution in [0.15, 0.2) is 30.9 Å². The van der Waals surface area contributed by atoms with Crippen molar-refractivity contribution in [3.63, 3.8) is 0 Å². The monoisotopic (exact) mass is 310 g/mol. The standard InChI is InChI=1S/C15H14N6O2/c1-3-10-9(2)18-13(12-8-16-5-6-17-12)19-14(10)21-7-4-11(20-21)15(22)23/h4-8H,3H2,1-2H3,(H,22,23). The van der Waals surface area contributed by atoms with Crippen molar-refractivity contribution in [1.29, 1.82) is 0 Å². The Bertz CT molecular complexity index is 860. The highest BCUT2D eigenvalue weighted by Crippen LogP contribution is 2.20. The average molecular weight is 310 g/mol. The molecule has 0 spiro atoms. The van der Waals surface area contributed by atoms with Gasteiger partial charge in [-0.25, -0.2) is 24.4 Å². The lowest BCUT2D eigenvalue weighted by Gasteiger charge is -2.11. The normalized spacial score (nSPS) is 10.7. The minimum atomic E-state index is -1.08. The SMILES string of the molecule is CCc1c(C)nc(-c2cnccn2)nc1-n1ccc(C(=O)O)n1. The number of aromatic carboxylic acids is 1. The number of nitrogens with zero attached hydrogens (tertiary/aromatic N) is 6. The molecule has 0 unspecified atom stereocenters. The second-order valence-corrected chi connectivity index (χ2v) is 4.83. The van der Waals surface area contributed by atoms with Crippen molar-refractivity contribution in [3.05, 3.63) is 47.8 Å². The predicted molar refractivity (Wildman–Crippen MR) is 81.3 cm³/mol. The topological polar surface area (TPSA) is 107 Å². The van der Waals surface area contributed by atoms with E-state index >= 15 is 0 Å². The van der Waals surface area contributed by atoms with Gasteiger partial charge in [-0.3, -0.25) is 4.98 Å². The highest BCUT2D eigenvalue weighted by molar-refractivity contribution is 5.85. The van der Waals surface area contributed by atoms with Crippen LogP contribution in [-0.4, -0.2) is 40.8 Å². The fraction of sp³-hybridized carbons (Fsp3) is 0.200. The zero-order chi connectivity index (χ0) is 16.4. The third-order valence-electron chi connectivity index (χ3n) is 3.36. The highest BCUT2D eigenvalue weighted by Gasteiger charge is 2.16. The lowest BCUT2D eigenvalue weighted by Crippen LogP contribution is -2.10. The molecule has 0 aromatic carbocycles. The first-order chi connectivity index (χ1) is 11.1. The van der Waals surface area contributed by atoms with E-state index in [1.165, 1.54) is 10.7 Å². The molecule has 3 rings (SSSR count). The number of aromatic nitrogens is 6. The van der Waals surface area contributed by atoms with Gasteiger partial charge < -0.3 is 5.11 Å². The second kappa shape index (κ2) is 5.91. The summed E-state index contributed by atoms with van der Waals surface area (Å²) in [5.41, 5.74) is 2.21. The Balaban J connectivity index is 2.17. The highest BCUT2D eigenvalue weighted by atomic mass is 16.4. The number of carboxylic acid groups (broad SMARTS) is 1. The molecule has 0 saturated heterocycles. The van der Waals surface area contributed by atoms with Crippen LogP contribution in [0.1, 0.15) is 28.7 Å². The smallest absolute Gasteiger partial charge is 0.356 e. The van der Waals surface area contributed by atoms with Gasteiger partial charge in [-0.15, -0.1) is 0 Å². The molecule has 0 aliphatic rings. The number of rotatable bonds is 4. The summed E-state index contributed by atoms with van der Waals surface area (Å²) in [5.74, 6) is -0.106. The average Bonchev–Trinajstić information content (AvgIpc) is 3.05. The lowest BCUT2D eigenvalue weighted by molar-refractivity contribution is 0.0690. The Morgan fingerprint density at radius 2 is 2.13 bits per heavy atom. The van der Waals surface area contributed by atoms with Gasteiger partial charge in [-0.05, 0) is 19.4 Å². The third-order valence-corrected chi connectivity index (χ3v) is 3.36. The summed E-state index contributed by atoms with van der Waals surface area (Å²) >= 11 is 0. The Morgan fingerprint density at radius 3 is 2.74 bits per heavy atom. The minimum absolute atomic E-state index is 0.0376. The number of carboxylic acids is 1. The van der Waals surface area contributed by atoms with E-state index < -0.39 is 5.97 Å². The molecule has 8 nitrogen and oxygen atoms in total. The number of hydrogen-bond donors (Lipinski definition) is 1. The van der Waals surface area contributed by atoms with Crippen LogP contribution in [0.4, 0.5) is 0 Å². The zero-order valence-corrected chi connectivity index (χ0v) is 12.6. The first kappa shape index (κ1) is 14.8. The van der Waals surface area contributed by atoms with Crippen LogP contribution < -0.4 is 0 Å². The quantitative estimate of drug-likeness (QED) is 0.781. The fourth-order valence-electron chi connectivity index (χ4n) is 2.27. The fourth-order valence-corrected chi connectivity index (χ4v) is 2.27. The summed E-state index contributed by atoms with van der Waals surface area (Å²) in [4.78, 5) is 28.2. The van der Waals surface area contributed by atoms with E-state index in [-0.39, 0.29) is 5.69 Å².